The molecule has 1 aromatic rings. The predicted octanol–water partition coefficient (Wildman–Crippen LogP) is 3.94. The molecule has 0 spiro atoms. The number of aliphatic hydroxyl groups is 1. The Morgan fingerprint density at radius 1 is 1.30 bits per heavy atom. The fourth-order valence-corrected chi connectivity index (χ4v) is 2.64. The van der Waals surface area contributed by atoms with Crippen LogP contribution in [0.3, 0.4) is 0 Å². The second kappa shape index (κ2) is 6.52. The van der Waals surface area contributed by atoms with Crippen molar-refractivity contribution in [1.82, 2.24) is 0 Å². The highest BCUT2D eigenvalue weighted by Crippen LogP contribution is 2.40. The second-order valence-electron chi connectivity index (χ2n) is 4.91. The summed E-state index contributed by atoms with van der Waals surface area (Å²) >= 11 is 5.79. The van der Waals surface area contributed by atoms with Crippen molar-refractivity contribution in [2.45, 2.75) is 37.6 Å². The summed E-state index contributed by atoms with van der Waals surface area (Å²) in [5.74, 6) is 0.0561. The van der Waals surface area contributed by atoms with Crippen LogP contribution in [0.2, 0.25) is 5.02 Å². The normalized spacial score (nSPS) is 18.9. The number of hydrogen-bond acceptors (Lipinski definition) is 2. The van der Waals surface area contributed by atoms with Gasteiger partial charge in [-0.25, -0.2) is 0 Å². The fourth-order valence-electron chi connectivity index (χ4n) is 2.28. The van der Waals surface area contributed by atoms with Crippen LogP contribution in [-0.2, 0) is 6.18 Å². The van der Waals surface area contributed by atoms with Crippen LogP contribution in [0.15, 0.2) is 18.2 Å². The number of hydrogen-bond donors (Lipinski definition) is 2. The van der Waals surface area contributed by atoms with Crippen molar-refractivity contribution < 1.29 is 18.3 Å². The fraction of sp³-hybridized carbons (Fsp3) is 0.538. The van der Waals surface area contributed by atoms with E-state index in [4.69, 9.17) is 17.3 Å². The Labute approximate surface area is 126 Å². The minimum Gasteiger partial charge on any atom is -0.391 e. The van der Waals surface area contributed by atoms with Crippen LogP contribution >= 0.6 is 24.0 Å². The Balaban J connectivity index is 0.00000200. The Morgan fingerprint density at radius 3 is 2.35 bits per heavy atom. The zero-order valence-corrected chi connectivity index (χ0v) is 12.1. The van der Waals surface area contributed by atoms with Gasteiger partial charge in [-0.3, -0.25) is 0 Å². The van der Waals surface area contributed by atoms with E-state index in [2.05, 4.69) is 0 Å². The molecule has 1 aliphatic rings. The number of nitrogens with two attached hydrogens (primary N) is 1. The van der Waals surface area contributed by atoms with Crippen LogP contribution in [-0.4, -0.2) is 11.2 Å². The van der Waals surface area contributed by atoms with Crippen LogP contribution in [0.4, 0.5) is 13.2 Å². The zero-order chi connectivity index (χ0) is 14.2. The highest BCUT2D eigenvalue weighted by Gasteiger charge is 2.36. The van der Waals surface area contributed by atoms with E-state index >= 15 is 0 Å². The van der Waals surface area contributed by atoms with Crippen LogP contribution in [0.25, 0.3) is 0 Å². The van der Waals surface area contributed by atoms with Gasteiger partial charge >= 0.3 is 6.18 Å². The molecule has 1 saturated carbocycles. The Hall–Kier alpha value is -0.490. The van der Waals surface area contributed by atoms with Gasteiger partial charge in [0.2, 0.25) is 0 Å². The largest absolute Gasteiger partial charge is 0.417 e. The second-order valence-corrected chi connectivity index (χ2v) is 5.29. The molecule has 114 valence electrons. The lowest BCUT2D eigenvalue weighted by atomic mass is 9.77. The lowest BCUT2D eigenvalue weighted by Gasteiger charge is -2.34. The van der Waals surface area contributed by atoms with Gasteiger partial charge < -0.3 is 10.8 Å². The minimum atomic E-state index is -4.52. The first-order valence-corrected chi connectivity index (χ1v) is 6.49. The van der Waals surface area contributed by atoms with Gasteiger partial charge in [0.1, 0.15) is 0 Å². The Kier molecular flexibility index (Phi) is 5.72. The lowest BCUT2D eigenvalue weighted by molar-refractivity contribution is -0.137. The molecule has 0 saturated heterocycles. The standard InChI is InChI=1S/C13H15ClF3NO.ClH/c14-10-8(5-2-6-9(10)13(15,16)17)11(18)12(19)7-3-1-4-7;/h2,5-7,11-12,19H,1,3-4,18H2;1H/t11-,12+;/m1./s1. The first-order valence-electron chi connectivity index (χ1n) is 6.11. The van der Waals surface area contributed by atoms with E-state index in [1.165, 1.54) is 12.1 Å². The molecule has 20 heavy (non-hydrogen) atoms. The maximum absolute atomic E-state index is 12.7. The molecule has 1 aliphatic carbocycles. The molecule has 0 aromatic heterocycles. The molecule has 0 bridgehead atoms. The molecular formula is C13H16Cl2F3NO. The average molecular weight is 330 g/mol. The van der Waals surface area contributed by atoms with Gasteiger partial charge in [-0.2, -0.15) is 13.2 Å². The van der Waals surface area contributed by atoms with Crippen molar-refractivity contribution in [3.05, 3.63) is 34.3 Å². The summed E-state index contributed by atoms with van der Waals surface area (Å²) in [5.41, 5.74) is 5.10. The molecule has 2 rings (SSSR count). The summed E-state index contributed by atoms with van der Waals surface area (Å²) in [6.07, 6.45) is -2.65. The van der Waals surface area contributed by atoms with Crippen molar-refractivity contribution >= 4 is 24.0 Å². The molecule has 7 heteroatoms. The van der Waals surface area contributed by atoms with Crippen LogP contribution in [0.5, 0.6) is 0 Å². The first-order chi connectivity index (χ1) is 8.82. The van der Waals surface area contributed by atoms with Crippen molar-refractivity contribution in [1.29, 1.82) is 0 Å². The predicted molar refractivity (Wildman–Crippen MR) is 74.0 cm³/mol. The van der Waals surface area contributed by atoms with Gasteiger partial charge in [0.15, 0.2) is 0 Å². The first kappa shape index (κ1) is 17.6. The molecule has 1 fully saturated rings. The van der Waals surface area contributed by atoms with Gasteiger partial charge in [0.25, 0.3) is 0 Å². The van der Waals surface area contributed by atoms with Crippen molar-refractivity contribution in [3.8, 4) is 0 Å². The van der Waals surface area contributed by atoms with Crippen LogP contribution in [0.1, 0.15) is 36.4 Å². The third kappa shape index (κ3) is 3.39. The van der Waals surface area contributed by atoms with E-state index in [1.54, 1.807) is 0 Å². The number of rotatable bonds is 3. The third-order valence-corrected chi connectivity index (χ3v) is 4.12. The smallest absolute Gasteiger partial charge is 0.391 e. The van der Waals surface area contributed by atoms with Gasteiger partial charge in [0, 0.05) is 0 Å². The Morgan fingerprint density at radius 2 is 1.90 bits per heavy atom. The molecule has 2 nitrogen and oxygen atoms in total. The molecule has 0 heterocycles. The summed E-state index contributed by atoms with van der Waals surface area (Å²) in [5, 5.41) is 9.63. The molecular weight excluding hydrogens is 314 g/mol. The molecule has 0 aliphatic heterocycles. The lowest BCUT2D eigenvalue weighted by Crippen LogP contribution is -2.36. The summed E-state index contributed by atoms with van der Waals surface area (Å²) in [4.78, 5) is 0. The maximum Gasteiger partial charge on any atom is 0.417 e. The number of aliphatic hydroxyl groups excluding tert-OH is 1. The van der Waals surface area contributed by atoms with Crippen LogP contribution < -0.4 is 5.73 Å². The number of halogens is 5. The van der Waals surface area contributed by atoms with Crippen LogP contribution in [0, 0.1) is 5.92 Å². The van der Waals surface area contributed by atoms with Crippen molar-refractivity contribution in [2.75, 3.05) is 0 Å². The van der Waals surface area contributed by atoms with Crippen molar-refractivity contribution in [2.24, 2.45) is 11.7 Å². The van der Waals surface area contributed by atoms with Gasteiger partial charge in [-0.15, -0.1) is 12.4 Å². The van der Waals surface area contributed by atoms with Gasteiger partial charge in [-0.05, 0) is 30.4 Å². The molecule has 0 radical (unpaired) electrons. The summed E-state index contributed by atoms with van der Waals surface area (Å²) in [6.45, 7) is 0. The van der Waals surface area contributed by atoms with E-state index in [0.29, 0.717) is 0 Å². The quantitative estimate of drug-likeness (QED) is 0.882. The SMILES string of the molecule is Cl.N[C@H](c1cccc(C(F)(F)F)c1Cl)[C@@H](O)C1CCC1. The molecule has 1 aromatic carbocycles. The highest BCUT2D eigenvalue weighted by atomic mass is 35.5. The molecule has 2 atom stereocenters. The van der Waals surface area contributed by atoms with E-state index in [0.717, 1.165) is 25.3 Å². The molecule has 3 N–H and O–H groups in total. The average Bonchev–Trinajstić information content (AvgIpc) is 2.24. The van der Waals surface area contributed by atoms with E-state index < -0.39 is 28.9 Å². The molecule has 0 amide bonds. The topological polar surface area (TPSA) is 46.2 Å². The number of benzene rings is 1. The minimum absolute atomic E-state index is 0. The third-order valence-electron chi connectivity index (χ3n) is 3.69. The monoisotopic (exact) mass is 329 g/mol. The number of alkyl halides is 3. The van der Waals surface area contributed by atoms with Gasteiger partial charge in [0.05, 0.1) is 22.7 Å². The van der Waals surface area contributed by atoms with E-state index in [-0.39, 0.29) is 23.9 Å². The summed E-state index contributed by atoms with van der Waals surface area (Å²) in [6, 6.07) is 2.72. The summed E-state index contributed by atoms with van der Waals surface area (Å²) in [7, 11) is 0. The van der Waals surface area contributed by atoms with E-state index in [1.807, 2.05) is 0 Å². The van der Waals surface area contributed by atoms with E-state index in [9.17, 15) is 18.3 Å². The maximum atomic E-state index is 12.7. The van der Waals surface area contributed by atoms with Gasteiger partial charge in [-0.1, -0.05) is 30.2 Å². The summed E-state index contributed by atoms with van der Waals surface area (Å²) < 4.78 is 38.2. The molecule has 0 unspecified atom stereocenters. The highest BCUT2D eigenvalue weighted by molar-refractivity contribution is 6.32. The van der Waals surface area contributed by atoms with Crippen molar-refractivity contribution in [3.63, 3.8) is 0 Å². The zero-order valence-electron chi connectivity index (χ0n) is 10.5. The Bertz CT molecular complexity index is 463.